The molecular formula is C17H21ClN2O2. The minimum absolute atomic E-state index is 0.0779. The van der Waals surface area contributed by atoms with E-state index >= 15 is 0 Å². The van der Waals surface area contributed by atoms with Crippen molar-refractivity contribution in [2.75, 3.05) is 12.4 Å². The zero-order valence-corrected chi connectivity index (χ0v) is 13.5. The van der Waals surface area contributed by atoms with E-state index in [1.807, 2.05) is 18.2 Å². The fourth-order valence-corrected chi connectivity index (χ4v) is 2.51. The molecular weight excluding hydrogens is 300 g/mol. The van der Waals surface area contributed by atoms with Crippen LogP contribution >= 0.6 is 11.6 Å². The molecule has 0 unspecified atom stereocenters. The number of pyridine rings is 1. The third kappa shape index (κ3) is 3.69. The Morgan fingerprint density at radius 1 is 1.23 bits per heavy atom. The molecule has 0 aliphatic carbocycles. The lowest BCUT2D eigenvalue weighted by atomic mass is 10.1. The first-order valence-electron chi connectivity index (χ1n) is 7.65. The summed E-state index contributed by atoms with van der Waals surface area (Å²) in [7, 11) is 0. The van der Waals surface area contributed by atoms with E-state index in [-0.39, 0.29) is 11.5 Å². The normalized spacial score (nSPS) is 10.8. The maximum Gasteiger partial charge on any atom is 0.258 e. The van der Waals surface area contributed by atoms with Crippen LogP contribution in [-0.4, -0.2) is 22.9 Å². The van der Waals surface area contributed by atoms with Crippen molar-refractivity contribution in [2.45, 2.75) is 32.7 Å². The molecule has 22 heavy (non-hydrogen) atoms. The molecule has 118 valence electrons. The number of hydrogen-bond acceptors (Lipinski definition) is 2. The topological polar surface area (TPSA) is 51.1 Å². The number of alkyl halides is 1. The Hall–Kier alpha value is -1.81. The van der Waals surface area contributed by atoms with E-state index in [9.17, 15) is 9.59 Å². The maximum atomic E-state index is 12.5. The molecule has 0 saturated heterocycles. The molecule has 0 aliphatic heterocycles. The van der Waals surface area contributed by atoms with E-state index in [1.165, 1.54) is 0 Å². The number of carbonyl (C=O) groups is 1. The molecule has 0 radical (unpaired) electrons. The second-order valence-corrected chi connectivity index (χ2v) is 5.62. The molecule has 0 bridgehead atoms. The van der Waals surface area contributed by atoms with Gasteiger partial charge in [0.1, 0.15) is 0 Å². The number of carbonyl (C=O) groups excluding carboxylic acids is 1. The molecule has 0 atom stereocenters. The summed E-state index contributed by atoms with van der Waals surface area (Å²) in [5.41, 5.74) is 0.465. The quantitative estimate of drug-likeness (QED) is 0.629. The highest BCUT2D eigenvalue weighted by molar-refractivity contribution is 6.17. The van der Waals surface area contributed by atoms with E-state index in [2.05, 4.69) is 12.2 Å². The summed E-state index contributed by atoms with van der Waals surface area (Å²) >= 11 is 5.71. The molecule has 1 heterocycles. The van der Waals surface area contributed by atoms with Crippen LogP contribution in [-0.2, 0) is 6.54 Å². The number of aryl methyl sites for hydroxylation is 1. The van der Waals surface area contributed by atoms with Gasteiger partial charge in [-0.2, -0.15) is 0 Å². The SMILES string of the molecule is CCCCNC(=O)c1cn(CCCCl)c(=O)c2ccccc12. The van der Waals surface area contributed by atoms with Crippen LogP contribution in [0.15, 0.2) is 35.3 Å². The number of hydrogen-bond donors (Lipinski definition) is 1. The first kappa shape index (κ1) is 16.6. The molecule has 2 rings (SSSR count). The fourth-order valence-electron chi connectivity index (χ4n) is 2.39. The van der Waals surface area contributed by atoms with Gasteiger partial charge in [-0.1, -0.05) is 31.5 Å². The van der Waals surface area contributed by atoms with Crippen molar-refractivity contribution in [3.63, 3.8) is 0 Å². The zero-order chi connectivity index (χ0) is 15.9. The van der Waals surface area contributed by atoms with Crippen LogP contribution in [0.2, 0.25) is 0 Å². The molecule has 5 heteroatoms. The first-order valence-corrected chi connectivity index (χ1v) is 8.18. The average Bonchev–Trinajstić information content (AvgIpc) is 2.54. The lowest BCUT2D eigenvalue weighted by Gasteiger charge is -2.12. The van der Waals surface area contributed by atoms with Crippen molar-refractivity contribution in [1.29, 1.82) is 0 Å². The van der Waals surface area contributed by atoms with E-state index in [0.717, 1.165) is 12.8 Å². The zero-order valence-electron chi connectivity index (χ0n) is 12.8. The Morgan fingerprint density at radius 3 is 2.64 bits per heavy atom. The number of aromatic nitrogens is 1. The second kappa shape index (κ2) is 7.99. The van der Waals surface area contributed by atoms with Crippen molar-refractivity contribution in [3.05, 3.63) is 46.4 Å². The largest absolute Gasteiger partial charge is 0.352 e. The van der Waals surface area contributed by atoms with Gasteiger partial charge in [-0.05, 0) is 18.9 Å². The summed E-state index contributed by atoms with van der Waals surface area (Å²) in [5, 5.41) is 4.18. The molecule has 4 nitrogen and oxygen atoms in total. The van der Waals surface area contributed by atoms with E-state index in [1.54, 1.807) is 16.8 Å². The van der Waals surface area contributed by atoms with Gasteiger partial charge in [-0.15, -0.1) is 11.6 Å². The molecule has 2 aromatic rings. The van der Waals surface area contributed by atoms with Crippen LogP contribution in [0.25, 0.3) is 10.8 Å². The van der Waals surface area contributed by atoms with Gasteiger partial charge < -0.3 is 9.88 Å². The van der Waals surface area contributed by atoms with Crippen LogP contribution in [0.5, 0.6) is 0 Å². The number of halogens is 1. The van der Waals surface area contributed by atoms with Gasteiger partial charge in [-0.25, -0.2) is 0 Å². The van der Waals surface area contributed by atoms with Crippen LogP contribution in [0, 0.1) is 0 Å². The van der Waals surface area contributed by atoms with Gasteiger partial charge in [0, 0.05) is 35.9 Å². The van der Waals surface area contributed by atoms with Crippen molar-refractivity contribution in [1.82, 2.24) is 9.88 Å². The predicted octanol–water partition coefficient (Wildman–Crippen LogP) is 3.16. The van der Waals surface area contributed by atoms with Crippen LogP contribution < -0.4 is 10.9 Å². The Balaban J connectivity index is 2.44. The lowest BCUT2D eigenvalue weighted by Crippen LogP contribution is -2.28. The number of unbranched alkanes of at least 4 members (excludes halogenated alkanes) is 1. The third-order valence-corrected chi connectivity index (χ3v) is 3.85. The van der Waals surface area contributed by atoms with Gasteiger partial charge in [0.2, 0.25) is 0 Å². The molecule has 1 aromatic heterocycles. The van der Waals surface area contributed by atoms with Crippen LogP contribution in [0.3, 0.4) is 0 Å². The minimum Gasteiger partial charge on any atom is -0.352 e. The summed E-state index contributed by atoms with van der Waals surface area (Å²) in [6.07, 6.45) is 4.31. The van der Waals surface area contributed by atoms with Crippen molar-refractivity contribution in [2.24, 2.45) is 0 Å². The van der Waals surface area contributed by atoms with Gasteiger partial charge in [0.05, 0.1) is 5.56 Å². The number of amides is 1. The lowest BCUT2D eigenvalue weighted by molar-refractivity contribution is 0.0954. The van der Waals surface area contributed by atoms with Crippen molar-refractivity contribution in [3.8, 4) is 0 Å². The van der Waals surface area contributed by atoms with E-state index in [0.29, 0.717) is 41.7 Å². The molecule has 1 N–H and O–H groups in total. The van der Waals surface area contributed by atoms with E-state index < -0.39 is 0 Å². The van der Waals surface area contributed by atoms with Crippen LogP contribution in [0.1, 0.15) is 36.5 Å². The summed E-state index contributed by atoms with van der Waals surface area (Å²) in [6, 6.07) is 7.23. The summed E-state index contributed by atoms with van der Waals surface area (Å²) in [5.74, 6) is 0.348. The number of fused-ring (bicyclic) bond motifs is 1. The third-order valence-electron chi connectivity index (χ3n) is 3.59. The first-order chi connectivity index (χ1) is 10.7. The number of nitrogens with one attached hydrogen (secondary N) is 1. The van der Waals surface area contributed by atoms with Gasteiger partial charge in [0.15, 0.2) is 0 Å². The van der Waals surface area contributed by atoms with Crippen molar-refractivity contribution >= 4 is 28.3 Å². The molecule has 0 aliphatic rings. The molecule has 1 amide bonds. The summed E-state index contributed by atoms with van der Waals surface area (Å²) in [4.78, 5) is 24.9. The monoisotopic (exact) mass is 320 g/mol. The van der Waals surface area contributed by atoms with Gasteiger partial charge >= 0.3 is 0 Å². The minimum atomic E-state index is -0.135. The summed E-state index contributed by atoms with van der Waals surface area (Å²) in [6.45, 7) is 3.24. The van der Waals surface area contributed by atoms with Gasteiger partial charge in [-0.3, -0.25) is 9.59 Å². The van der Waals surface area contributed by atoms with Gasteiger partial charge in [0.25, 0.3) is 11.5 Å². The standard InChI is InChI=1S/C17H21ClN2O2/c1-2-3-10-19-16(21)15-12-20(11-6-9-18)17(22)14-8-5-4-7-13(14)15/h4-5,7-8,12H,2-3,6,9-11H2,1H3,(H,19,21). The fraction of sp³-hybridized carbons (Fsp3) is 0.412. The molecule has 0 fully saturated rings. The Bertz CT molecular complexity index is 709. The summed E-state index contributed by atoms with van der Waals surface area (Å²) < 4.78 is 1.58. The second-order valence-electron chi connectivity index (χ2n) is 5.24. The average molecular weight is 321 g/mol. The maximum absolute atomic E-state index is 12.5. The highest BCUT2D eigenvalue weighted by Crippen LogP contribution is 2.15. The highest BCUT2D eigenvalue weighted by atomic mass is 35.5. The molecule has 0 saturated carbocycles. The Morgan fingerprint density at radius 2 is 1.95 bits per heavy atom. The Kier molecular flexibility index (Phi) is 6.01. The predicted molar refractivity (Wildman–Crippen MR) is 90.8 cm³/mol. The number of benzene rings is 1. The number of rotatable bonds is 7. The Labute approximate surface area is 135 Å². The highest BCUT2D eigenvalue weighted by Gasteiger charge is 2.14. The number of nitrogens with zero attached hydrogens (tertiary/aromatic N) is 1. The molecule has 0 spiro atoms. The molecule has 1 aromatic carbocycles. The van der Waals surface area contributed by atoms with Crippen molar-refractivity contribution < 1.29 is 4.79 Å². The van der Waals surface area contributed by atoms with Crippen LogP contribution in [0.4, 0.5) is 0 Å². The van der Waals surface area contributed by atoms with E-state index in [4.69, 9.17) is 11.6 Å². The smallest absolute Gasteiger partial charge is 0.258 e.